The van der Waals surface area contributed by atoms with Crippen LogP contribution in [0.25, 0.3) is 10.9 Å². The SMILES string of the molecule is CCCc1cc(C(=O)OC(C)C(=O)Nc2cccc3ncccc23)n[nH]1. The van der Waals surface area contributed by atoms with Gasteiger partial charge in [-0.15, -0.1) is 0 Å². The van der Waals surface area contributed by atoms with Crippen LogP contribution in [0.15, 0.2) is 42.6 Å². The van der Waals surface area contributed by atoms with E-state index in [1.807, 2.05) is 19.1 Å². The first kappa shape index (κ1) is 17.6. The van der Waals surface area contributed by atoms with Crippen LogP contribution in [0.4, 0.5) is 5.69 Å². The Labute approximate surface area is 150 Å². The fourth-order valence-corrected chi connectivity index (χ4v) is 2.58. The molecule has 1 unspecified atom stereocenters. The Bertz CT molecular complexity index is 930. The number of rotatable bonds is 6. The van der Waals surface area contributed by atoms with Gasteiger partial charge in [0, 0.05) is 17.3 Å². The molecular formula is C19H20N4O3. The van der Waals surface area contributed by atoms with Crippen molar-refractivity contribution in [3.05, 3.63) is 54.0 Å². The maximum Gasteiger partial charge on any atom is 0.359 e. The first-order valence-electron chi connectivity index (χ1n) is 8.48. The van der Waals surface area contributed by atoms with Gasteiger partial charge in [-0.1, -0.05) is 19.4 Å². The predicted molar refractivity (Wildman–Crippen MR) is 97.8 cm³/mol. The van der Waals surface area contributed by atoms with E-state index < -0.39 is 18.0 Å². The molecule has 7 nitrogen and oxygen atoms in total. The highest BCUT2D eigenvalue weighted by Crippen LogP contribution is 2.21. The maximum atomic E-state index is 12.4. The van der Waals surface area contributed by atoms with Crippen molar-refractivity contribution in [2.75, 3.05) is 5.32 Å². The summed E-state index contributed by atoms with van der Waals surface area (Å²) in [7, 11) is 0. The normalized spacial score (nSPS) is 11.9. The monoisotopic (exact) mass is 352 g/mol. The minimum atomic E-state index is -0.958. The van der Waals surface area contributed by atoms with E-state index in [0.717, 1.165) is 29.4 Å². The Morgan fingerprint density at radius 1 is 1.27 bits per heavy atom. The molecule has 7 heteroatoms. The summed E-state index contributed by atoms with van der Waals surface area (Å²) in [6, 6.07) is 10.8. The Kier molecular flexibility index (Phi) is 5.26. The number of nitrogens with zero attached hydrogens (tertiary/aromatic N) is 2. The standard InChI is InChI=1S/C19H20N4O3/c1-3-6-13-11-17(23-22-13)19(25)26-12(2)18(24)21-16-9-4-8-15-14(16)7-5-10-20-15/h4-5,7-12H,3,6H2,1-2H3,(H,21,24)(H,22,23). The first-order valence-corrected chi connectivity index (χ1v) is 8.48. The molecule has 0 aliphatic rings. The summed E-state index contributed by atoms with van der Waals surface area (Å²) >= 11 is 0. The van der Waals surface area contributed by atoms with Gasteiger partial charge in [0.25, 0.3) is 5.91 Å². The van der Waals surface area contributed by atoms with E-state index in [-0.39, 0.29) is 5.69 Å². The van der Waals surface area contributed by atoms with Crippen molar-refractivity contribution in [2.45, 2.75) is 32.8 Å². The van der Waals surface area contributed by atoms with Crippen molar-refractivity contribution in [3.8, 4) is 0 Å². The highest BCUT2D eigenvalue weighted by atomic mass is 16.5. The number of nitrogens with one attached hydrogen (secondary N) is 2. The summed E-state index contributed by atoms with van der Waals surface area (Å²) in [5.74, 6) is -1.05. The summed E-state index contributed by atoms with van der Waals surface area (Å²) in [4.78, 5) is 28.8. The van der Waals surface area contributed by atoms with E-state index in [2.05, 4.69) is 20.5 Å². The highest BCUT2D eigenvalue weighted by molar-refractivity contribution is 6.03. The van der Waals surface area contributed by atoms with Crippen LogP contribution in [0.5, 0.6) is 0 Å². The molecule has 0 aliphatic carbocycles. The molecule has 0 fully saturated rings. The van der Waals surface area contributed by atoms with Gasteiger partial charge in [-0.3, -0.25) is 14.9 Å². The average molecular weight is 352 g/mol. The third kappa shape index (κ3) is 3.88. The molecule has 1 amide bonds. The van der Waals surface area contributed by atoms with Gasteiger partial charge in [0.1, 0.15) is 0 Å². The topological polar surface area (TPSA) is 97.0 Å². The molecule has 0 spiro atoms. The minimum absolute atomic E-state index is 0.169. The number of anilines is 1. The Morgan fingerprint density at radius 2 is 2.12 bits per heavy atom. The molecular weight excluding hydrogens is 332 g/mol. The number of hydrogen-bond donors (Lipinski definition) is 2. The lowest BCUT2D eigenvalue weighted by molar-refractivity contribution is -0.123. The van der Waals surface area contributed by atoms with Crippen molar-refractivity contribution in [3.63, 3.8) is 0 Å². The number of H-pyrrole nitrogens is 1. The number of esters is 1. The molecule has 2 N–H and O–H groups in total. The zero-order valence-corrected chi connectivity index (χ0v) is 14.7. The number of carbonyl (C=O) groups excluding carboxylic acids is 2. The van der Waals surface area contributed by atoms with Crippen molar-refractivity contribution in [1.29, 1.82) is 0 Å². The zero-order valence-electron chi connectivity index (χ0n) is 14.7. The van der Waals surface area contributed by atoms with Gasteiger partial charge in [-0.25, -0.2) is 4.79 Å². The second kappa shape index (κ2) is 7.77. The molecule has 3 aromatic rings. The van der Waals surface area contributed by atoms with Gasteiger partial charge < -0.3 is 10.1 Å². The van der Waals surface area contributed by atoms with Gasteiger partial charge >= 0.3 is 5.97 Å². The molecule has 0 aliphatic heterocycles. The molecule has 26 heavy (non-hydrogen) atoms. The Morgan fingerprint density at radius 3 is 2.92 bits per heavy atom. The number of amides is 1. The van der Waals surface area contributed by atoms with Gasteiger partial charge in [0.2, 0.25) is 0 Å². The number of hydrogen-bond acceptors (Lipinski definition) is 5. The largest absolute Gasteiger partial charge is 0.448 e. The van der Waals surface area contributed by atoms with Crippen LogP contribution < -0.4 is 5.32 Å². The van der Waals surface area contributed by atoms with Crippen LogP contribution >= 0.6 is 0 Å². The van der Waals surface area contributed by atoms with Crippen LogP contribution in [0.1, 0.15) is 36.5 Å². The molecule has 2 heterocycles. The summed E-state index contributed by atoms with van der Waals surface area (Å²) < 4.78 is 5.22. The van der Waals surface area contributed by atoms with Crippen molar-refractivity contribution in [1.82, 2.24) is 15.2 Å². The number of aromatic amines is 1. The predicted octanol–water partition coefficient (Wildman–Crippen LogP) is 3.09. The van der Waals surface area contributed by atoms with Crippen molar-refractivity contribution < 1.29 is 14.3 Å². The number of carbonyl (C=O) groups is 2. The van der Waals surface area contributed by atoms with Gasteiger partial charge in [-0.2, -0.15) is 5.10 Å². The van der Waals surface area contributed by atoms with Crippen LogP contribution in [0.2, 0.25) is 0 Å². The molecule has 0 saturated heterocycles. The highest BCUT2D eigenvalue weighted by Gasteiger charge is 2.21. The number of fused-ring (bicyclic) bond motifs is 1. The van der Waals surface area contributed by atoms with E-state index >= 15 is 0 Å². The Hall–Kier alpha value is -3.22. The van der Waals surface area contributed by atoms with Gasteiger partial charge in [0.15, 0.2) is 11.8 Å². The smallest absolute Gasteiger partial charge is 0.359 e. The molecule has 2 aromatic heterocycles. The number of aromatic nitrogens is 3. The fourth-order valence-electron chi connectivity index (χ4n) is 2.58. The number of ether oxygens (including phenoxy) is 1. The molecule has 1 atom stereocenters. The fraction of sp³-hybridized carbons (Fsp3) is 0.263. The molecule has 3 rings (SSSR count). The second-order valence-electron chi connectivity index (χ2n) is 5.94. The first-order chi connectivity index (χ1) is 12.6. The molecule has 0 bridgehead atoms. The van der Waals surface area contributed by atoms with Gasteiger partial charge in [-0.05, 0) is 43.7 Å². The quantitative estimate of drug-likeness (QED) is 0.665. The molecule has 134 valence electrons. The summed E-state index contributed by atoms with van der Waals surface area (Å²) in [5.41, 5.74) is 2.42. The zero-order chi connectivity index (χ0) is 18.5. The lowest BCUT2D eigenvalue weighted by Crippen LogP contribution is -2.30. The maximum absolute atomic E-state index is 12.4. The van der Waals surface area contributed by atoms with Gasteiger partial charge in [0.05, 0.1) is 11.2 Å². The van der Waals surface area contributed by atoms with E-state index in [1.165, 1.54) is 6.92 Å². The van der Waals surface area contributed by atoms with Crippen LogP contribution in [0, 0.1) is 0 Å². The molecule has 0 radical (unpaired) electrons. The summed E-state index contributed by atoms with van der Waals surface area (Å²) in [5, 5.41) is 10.3. The average Bonchev–Trinajstić information content (AvgIpc) is 3.11. The van der Waals surface area contributed by atoms with Crippen LogP contribution in [0.3, 0.4) is 0 Å². The lowest BCUT2D eigenvalue weighted by atomic mass is 10.2. The number of pyridine rings is 1. The summed E-state index contributed by atoms with van der Waals surface area (Å²) in [6.07, 6.45) is 2.47. The van der Waals surface area contributed by atoms with Crippen molar-refractivity contribution in [2.24, 2.45) is 0 Å². The second-order valence-corrected chi connectivity index (χ2v) is 5.94. The minimum Gasteiger partial charge on any atom is -0.448 e. The lowest BCUT2D eigenvalue weighted by Gasteiger charge is -2.14. The van der Waals surface area contributed by atoms with E-state index in [9.17, 15) is 9.59 Å². The molecule has 1 aromatic carbocycles. The third-order valence-corrected chi connectivity index (χ3v) is 3.92. The Balaban J connectivity index is 1.66. The van der Waals surface area contributed by atoms with E-state index in [1.54, 1.807) is 30.5 Å². The van der Waals surface area contributed by atoms with Crippen LogP contribution in [-0.4, -0.2) is 33.2 Å². The number of benzene rings is 1. The van der Waals surface area contributed by atoms with Crippen molar-refractivity contribution >= 4 is 28.5 Å². The molecule has 0 saturated carbocycles. The third-order valence-electron chi connectivity index (χ3n) is 3.92. The number of aryl methyl sites for hydroxylation is 1. The van der Waals surface area contributed by atoms with E-state index in [0.29, 0.717) is 5.69 Å². The van der Waals surface area contributed by atoms with Crippen LogP contribution in [-0.2, 0) is 16.0 Å². The van der Waals surface area contributed by atoms with E-state index in [4.69, 9.17) is 4.74 Å². The summed E-state index contributed by atoms with van der Waals surface area (Å²) in [6.45, 7) is 3.56.